The zero-order chi connectivity index (χ0) is 18.6. The van der Waals surface area contributed by atoms with Crippen LogP contribution in [0.2, 0.25) is 0 Å². The zero-order valence-corrected chi connectivity index (χ0v) is 15.1. The molecule has 0 saturated heterocycles. The number of amides is 1. The summed E-state index contributed by atoms with van der Waals surface area (Å²) in [6, 6.07) is 6.40. The molecule has 2 N–H and O–H groups in total. The highest BCUT2D eigenvalue weighted by atomic mass is 32.2. The fourth-order valence-corrected chi connectivity index (χ4v) is 3.65. The number of aromatic nitrogens is 2. The molecule has 25 heavy (non-hydrogen) atoms. The average molecular weight is 364 g/mol. The van der Waals surface area contributed by atoms with Gasteiger partial charge in [0.25, 0.3) is 5.69 Å². The van der Waals surface area contributed by atoms with Gasteiger partial charge in [-0.2, -0.15) is 0 Å². The molecule has 2 aromatic rings. The molecule has 1 aromatic heterocycles. The van der Waals surface area contributed by atoms with Gasteiger partial charge in [0.15, 0.2) is 6.61 Å². The molecule has 0 unspecified atom stereocenters. The summed E-state index contributed by atoms with van der Waals surface area (Å²) in [6.07, 6.45) is -0.857. The zero-order valence-electron chi connectivity index (χ0n) is 14.3. The number of hydrogen-bond acceptors (Lipinski definition) is 6. The van der Waals surface area contributed by atoms with Gasteiger partial charge in [0.1, 0.15) is 10.9 Å². The van der Waals surface area contributed by atoms with E-state index < -0.39 is 11.0 Å². The number of non-ortho nitro benzene ring substituents is 1. The minimum atomic E-state index is -0.857. The van der Waals surface area contributed by atoms with Crippen molar-refractivity contribution in [3.8, 4) is 0 Å². The first-order chi connectivity index (χ1) is 11.8. The van der Waals surface area contributed by atoms with E-state index in [-0.39, 0.29) is 18.2 Å². The summed E-state index contributed by atoms with van der Waals surface area (Å²) in [5, 5.41) is 11.7. The van der Waals surface area contributed by atoms with Crippen LogP contribution in [-0.4, -0.2) is 20.6 Å². The fourth-order valence-electron chi connectivity index (χ4n) is 2.49. The van der Waals surface area contributed by atoms with E-state index >= 15 is 0 Å². The second-order valence-electron chi connectivity index (χ2n) is 5.58. The Balaban J connectivity index is 2.40. The molecule has 9 heteroatoms. The average Bonchev–Trinajstić information content (AvgIpc) is 2.90. The van der Waals surface area contributed by atoms with Crippen molar-refractivity contribution in [1.29, 1.82) is 0 Å². The molecule has 0 radical (unpaired) electrons. The van der Waals surface area contributed by atoms with Gasteiger partial charge >= 0.3 is 6.09 Å². The maximum atomic E-state index is 11.0. The third kappa shape index (κ3) is 4.50. The molecule has 2 rings (SSSR count). The normalized spacial score (nSPS) is 10.9. The maximum absolute atomic E-state index is 11.0. The Labute approximate surface area is 149 Å². The predicted molar refractivity (Wildman–Crippen MR) is 93.6 cm³/mol. The van der Waals surface area contributed by atoms with E-state index in [4.69, 9.17) is 10.5 Å². The van der Waals surface area contributed by atoms with E-state index in [9.17, 15) is 14.9 Å². The van der Waals surface area contributed by atoms with Gasteiger partial charge in [0.2, 0.25) is 0 Å². The smallest absolute Gasteiger partial charge is 0.404 e. The first kappa shape index (κ1) is 18.8. The highest BCUT2D eigenvalue weighted by molar-refractivity contribution is 7.99. The van der Waals surface area contributed by atoms with Crippen LogP contribution in [0.3, 0.4) is 0 Å². The Morgan fingerprint density at radius 1 is 1.48 bits per heavy atom. The van der Waals surface area contributed by atoms with Crippen LogP contribution in [0.4, 0.5) is 10.5 Å². The van der Waals surface area contributed by atoms with Gasteiger partial charge in [-0.25, -0.2) is 9.78 Å². The molecule has 0 fully saturated rings. The highest BCUT2D eigenvalue weighted by Crippen LogP contribution is 2.35. The Kier molecular flexibility index (Phi) is 6.02. The SMILES string of the molecule is CCn1c(COC(N)=O)nc(Sc2cccc([N+](=O)[O-])c2)c1C(C)C. The van der Waals surface area contributed by atoms with Crippen molar-refractivity contribution >= 4 is 23.5 Å². The number of primary amides is 1. The molecule has 1 aromatic carbocycles. The van der Waals surface area contributed by atoms with Crippen LogP contribution in [0.25, 0.3) is 0 Å². The van der Waals surface area contributed by atoms with Crippen molar-refractivity contribution in [2.75, 3.05) is 0 Å². The second-order valence-corrected chi connectivity index (χ2v) is 6.64. The molecule has 0 saturated carbocycles. The van der Waals surface area contributed by atoms with Crippen LogP contribution in [0.15, 0.2) is 34.2 Å². The monoisotopic (exact) mass is 364 g/mol. The van der Waals surface area contributed by atoms with Crippen LogP contribution in [-0.2, 0) is 17.9 Å². The van der Waals surface area contributed by atoms with E-state index in [1.807, 2.05) is 25.3 Å². The minimum Gasteiger partial charge on any atom is -0.442 e. The van der Waals surface area contributed by atoms with E-state index in [0.29, 0.717) is 12.4 Å². The molecule has 8 nitrogen and oxygen atoms in total. The first-order valence-corrected chi connectivity index (χ1v) is 8.59. The predicted octanol–water partition coefficient (Wildman–Crippen LogP) is 3.68. The van der Waals surface area contributed by atoms with Gasteiger partial charge in [-0.05, 0) is 18.9 Å². The second kappa shape index (κ2) is 8.02. The molecular weight excluding hydrogens is 344 g/mol. The summed E-state index contributed by atoms with van der Waals surface area (Å²) < 4.78 is 6.86. The summed E-state index contributed by atoms with van der Waals surface area (Å²) in [7, 11) is 0. The summed E-state index contributed by atoms with van der Waals surface area (Å²) in [6.45, 7) is 6.70. The number of benzene rings is 1. The van der Waals surface area contributed by atoms with Crippen LogP contribution >= 0.6 is 11.8 Å². The molecule has 0 bridgehead atoms. The van der Waals surface area contributed by atoms with Crippen molar-refractivity contribution in [3.63, 3.8) is 0 Å². The number of carbonyl (C=O) groups excluding carboxylic acids is 1. The van der Waals surface area contributed by atoms with Gasteiger partial charge in [0, 0.05) is 23.6 Å². The lowest BCUT2D eigenvalue weighted by Crippen LogP contribution is -2.15. The highest BCUT2D eigenvalue weighted by Gasteiger charge is 2.21. The molecule has 0 atom stereocenters. The van der Waals surface area contributed by atoms with Gasteiger partial charge in [-0.15, -0.1) is 0 Å². The minimum absolute atomic E-state index is 0.0155. The van der Waals surface area contributed by atoms with Crippen molar-refractivity contribution < 1.29 is 14.5 Å². The van der Waals surface area contributed by atoms with Crippen molar-refractivity contribution in [2.24, 2.45) is 5.73 Å². The molecule has 1 heterocycles. The van der Waals surface area contributed by atoms with Gasteiger partial charge in [-0.3, -0.25) is 10.1 Å². The lowest BCUT2D eigenvalue weighted by atomic mass is 10.1. The molecule has 0 aliphatic heterocycles. The van der Waals surface area contributed by atoms with Crippen LogP contribution in [0.1, 0.15) is 38.2 Å². The third-order valence-electron chi connectivity index (χ3n) is 3.50. The Hall–Kier alpha value is -2.55. The van der Waals surface area contributed by atoms with Gasteiger partial charge in [-0.1, -0.05) is 31.7 Å². The number of nitro groups is 1. The number of ether oxygens (including phenoxy) is 1. The number of rotatable bonds is 7. The largest absolute Gasteiger partial charge is 0.442 e. The lowest BCUT2D eigenvalue weighted by molar-refractivity contribution is -0.385. The Morgan fingerprint density at radius 3 is 2.76 bits per heavy atom. The van der Waals surface area contributed by atoms with Crippen molar-refractivity contribution in [3.05, 3.63) is 45.9 Å². The van der Waals surface area contributed by atoms with Crippen molar-refractivity contribution in [2.45, 2.75) is 49.8 Å². The molecule has 134 valence electrons. The quantitative estimate of drug-likeness (QED) is 0.592. The Morgan fingerprint density at radius 2 is 2.20 bits per heavy atom. The summed E-state index contributed by atoms with van der Waals surface area (Å²) in [5.41, 5.74) is 6.06. The molecule has 0 aliphatic rings. The third-order valence-corrected chi connectivity index (χ3v) is 4.49. The van der Waals surface area contributed by atoms with E-state index in [1.165, 1.54) is 23.9 Å². The van der Waals surface area contributed by atoms with Gasteiger partial charge in [0.05, 0.1) is 10.6 Å². The van der Waals surface area contributed by atoms with Crippen LogP contribution < -0.4 is 5.73 Å². The van der Waals surface area contributed by atoms with E-state index in [2.05, 4.69) is 4.98 Å². The summed E-state index contributed by atoms with van der Waals surface area (Å²) in [5.74, 6) is 0.772. The number of carbonyl (C=O) groups is 1. The standard InChI is InChI=1S/C16H20N4O4S/c1-4-19-13(9-24-16(17)21)18-15(14(19)10(2)3)25-12-7-5-6-11(8-12)20(22)23/h5-8,10H,4,9H2,1-3H3,(H2,17,21). The van der Waals surface area contributed by atoms with E-state index in [1.54, 1.807) is 12.1 Å². The number of hydrogen-bond donors (Lipinski definition) is 1. The topological polar surface area (TPSA) is 113 Å². The maximum Gasteiger partial charge on any atom is 0.404 e. The molecular formula is C16H20N4O4S. The van der Waals surface area contributed by atoms with Gasteiger partial charge < -0.3 is 15.0 Å². The molecule has 0 spiro atoms. The first-order valence-electron chi connectivity index (χ1n) is 7.77. The van der Waals surface area contributed by atoms with Crippen molar-refractivity contribution in [1.82, 2.24) is 9.55 Å². The molecule has 1 amide bonds. The molecule has 0 aliphatic carbocycles. The number of imidazole rings is 1. The van der Waals surface area contributed by atoms with Crippen LogP contribution in [0.5, 0.6) is 0 Å². The number of nitrogens with two attached hydrogens (primary N) is 1. The van der Waals surface area contributed by atoms with Crippen LogP contribution in [0, 0.1) is 10.1 Å². The lowest BCUT2D eigenvalue weighted by Gasteiger charge is -2.13. The summed E-state index contributed by atoms with van der Waals surface area (Å²) in [4.78, 5) is 26.7. The fraction of sp³-hybridized carbons (Fsp3) is 0.375. The van der Waals surface area contributed by atoms with E-state index in [0.717, 1.165) is 15.6 Å². The number of nitrogens with zero attached hydrogens (tertiary/aromatic N) is 3. The Bertz CT molecular complexity index is 788. The number of nitro benzene ring substituents is 1. The summed E-state index contributed by atoms with van der Waals surface area (Å²) >= 11 is 1.35.